The molecule has 8 nitrogen and oxygen atoms in total. The Morgan fingerprint density at radius 3 is 2.53 bits per heavy atom. The highest BCUT2D eigenvalue weighted by Crippen LogP contribution is 2.21. The zero-order valence-corrected chi connectivity index (χ0v) is 19.0. The first-order valence-electron chi connectivity index (χ1n) is 10.4. The molecule has 1 aliphatic heterocycles. The maximum Gasteiger partial charge on any atom is 0.253 e. The first-order valence-corrected chi connectivity index (χ1v) is 10.7. The summed E-state index contributed by atoms with van der Waals surface area (Å²) in [5.74, 6) is 0.151. The Morgan fingerprint density at radius 1 is 1.12 bits per heavy atom. The number of hydrogen-bond donors (Lipinski definition) is 4. The number of carbonyl (C=O) groups is 1. The van der Waals surface area contributed by atoms with Crippen LogP contribution in [0.2, 0.25) is 0 Å². The summed E-state index contributed by atoms with van der Waals surface area (Å²) >= 11 is 6.37. The Kier molecular flexibility index (Phi) is 8.65. The van der Waals surface area contributed by atoms with Crippen molar-refractivity contribution in [2.45, 2.75) is 0 Å². The van der Waals surface area contributed by atoms with Crippen molar-refractivity contribution in [2.24, 2.45) is 9.98 Å². The van der Waals surface area contributed by atoms with Crippen LogP contribution in [0.15, 0.2) is 69.4 Å². The van der Waals surface area contributed by atoms with Gasteiger partial charge < -0.3 is 26.2 Å². The van der Waals surface area contributed by atoms with Gasteiger partial charge >= 0.3 is 0 Å². The number of hydrogen-bond acceptors (Lipinski definition) is 6. The lowest BCUT2D eigenvalue weighted by molar-refractivity contribution is 0.0964. The molecule has 1 heterocycles. The van der Waals surface area contributed by atoms with Crippen molar-refractivity contribution in [3.63, 3.8) is 0 Å². The van der Waals surface area contributed by atoms with Gasteiger partial charge in [0.1, 0.15) is 5.03 Å². The number of piperazine rings is 1. The number of nitrogens with one attached hydrogen (secondary N) is 4. The summed E-state index contributed by atoms with van der Waals surface area (Å²) in [5, 5.41) is 12.6. The lowest BCUT2D eigenvalue weighted by atomic mass is 10.1. The van der Waals surface area contributed by atoms with E-state index in [1.165, 1.54) is 11.9 Å². The molecule has 0 radical (unpaired) electrons. The Hall–Kier alpha value is -3.36. The molecular weight excluding hydrogens is 426 g/mol. The van der Waals surface area contributed by atoms with Crippen molar-refractivity contribution < 1.29 is 4.79 Å². The summed E-state index contributed by atoms with van der Waals surface area (Å²) in [4.78, 5) is 22.9. The number of rotatable bonds is 8. The minimum atomic E-state index is -0.209. The summed E-state index contributed by atoms with van der Waals surface area (Å²) in [7, 11) is 3.21. The zero-order valence-electron chi connectivity index (χ0n) is 18.2. The van der Waals surface area contributed by atoms with Crippen LogP contribution in [0.1, 0.15) is 10.4 Å². The van der Waals surface area contributed by atoms with E-state index in [1.807, 2.05) is 18.2 Å². The fourth-order valence-electron chi connectivity index (χ4n) is 3.24. The lowest BCUT2D eigenvalue weighted by Crippen LogP contribution is -2.43. The molecule has 0 spiro atoms. The number of anilines is 3. The Balaban J connectivity index is 1.73. The quantitative estimate of drug-likeness (QED) is 0.364. The van der Waals surface area contributed by atoms with E-state index in [0.29, 0.717) is 22.1 Å². The Labute approximate surface area is 193 Å². The van der Waals surface area contributed by atoms with Crippen LogP contribution >= 0.6 is 11.6 Å². The summed E-state index contributed by atoms with van der Waals surface area (Å²) in [6.07, 6.45) is 3.04. The second-order valence-corrected chi connectivity index (χ2v) is 7.43. The second kappa shape index (κ2) is 11.9. The zero-order chi connectivity index (χ0) is 22.8. The molecule has 0 saturated carbocycles. The smallest absolute Gasteiger partial charge is 0.253 e. The third kappa shape index (κ3) is 6.32. The standard InChI is InChI=1S/C23H28ClN7O/c1-25-15-20(24)22(30-21-6-4-3-5-19(21)23(32)26-2)29-16-28-17-7-9-18(10-8-17)31-13-11-27-12-14-31/h3-10,15-16,27,30H,11-14H2,1-2H3,(H,26,32)(H,28,29)/b22-20-,25-15-. The highest BCUT2D eigenvalue weighted by molar-refractivity contribution is 6.39. The molecule has 0 aromatic heterocycles. The molecule has 0 unspecified atom stereocenters. The van der Waals surface area contributed by atoms with Crippen LogP contribution in [0.5, 0.6) is 0 Å². The van der Waals surface area contributed by atoms with Gasteiger partial charge in [-0.3, -0.25) is 9.79 Å². The Bertz CT molecular complexity index is 996. The largest absolute Gasteiger partial charge is 0.369 e. The first kappa shape index (κ1) is 23.3. The number of amides is 1. The van der Waals surface area contributed by atoms with Gasteiger partial charge in [0, 0.05) is 57.9 Å². The minimum absolute atomic E-state index is 0.209. The monoisotopic (exact) mass is 453 g/mol. The number of para-hydroxylation sites is 1. The van der Waals surface area contributed by atoms with Gasteiger partial charge in [-0.15, -0.1) is 0 Å². The van der Waals surface area contributed by atoms with Crippen molar-refractivity contribution >= 4 is 47.1 Å². The number of aliphatic imine (C=N–C) groups is 2. The maximum atomic E-state index is 12.2. The topological polar surface area (TPSA) is 93.2 Å². The molecule has 0 atom stereocenters. The van der Waals surface area contributed by atoms with Crippen LogP contribution in [0.25, 0.3) is 0 Å². The van der Waals surface area contributed by atoms with E-state index >= 15 is 0 Å². The molecular formula is C23H28ClN7O. The molecule has 2 aromatic rings. The molecule has 168 valence electrons. The summed E-state index contributed by atoms with van der Waals surface area (Å²) in [6.45, 7) is 4.01. The van der Waals surface area contributed by atoms with E-state index in [0.717, 1.165) is 31.9 Å². The van der Waals surface area contributed by atoms with Gasteiger partial charge in [-0.25, -0.2) is 4.99 Å². The van der Waals surface area contributed by atoms with Gasteiger partial charge in [0.2, 0.25) is 0 Å². The summed E-state index contributed by atoms with van der Waals surface area (Å²) in [6, 6.07) is 15.3. The summed E-state index contributed by atoms with van der Waals surface area (Å²) in [5.41, 5.74) is 3.17. The average Bonchev–Trinajstić information content (AvgIpc) is 2.84. The van der Waals surface area contributed by atoms with Gasteiger partial charge in [-0.05, 0) is 36.4 Å². The van der Waals surface area contributed by atoms with Crippen molar-refractivity contribution in [2.75, 3.05) is 55.8 Å². The molecule has 1 aliphatic rings. The van der Waals surface area contributed by atoms with E-state index < -0.39 is 0 Å². The maximum absolute atomic E-state index is 12.2. The van der Waals surface area contributed by atoms with Gasteiger partial charge in [-0.2, -0.15) is 0 Å². The second-order valence-electron chi connectivity index (χ2n) is 7.02. The molecule has 3 rings (SSSR count). The average molecular weight is 454 g/mol. The lowest BCUT2D eigenvalue weighted by Gasteiger charge is -2.29. The number of allylic oxidation sites excluding steroid dienone is 1. The summed E-state index contributed by atoms with van der Waals surface area (Å²) < 4.78 is 0. The van der Waals surface area contributed by atoms with Gasteiger partial charge in [-0.1, -0.05) is 23.7 Å². The van der Waals surface area contributed by atoms with Crippen LogP contribution in [0.4, 0.5) is 17.1 Å². The fourth-order valence-corrected chi connectivity index (χ4v) is 3.44. The van der Waals surface area contributed by atoms with E-state index in [9.17, 15) is 4.79 Å². The number of benzene rings is 2. The predicted molar refractivity (Wildman–Crippen MR) is 134 cm³/mol. The molecule has 0 bridgehead atoms. The molecule has 1 saturated heterocycles. The van der Waals surface area contributed by atoms with Crippen LogP contribution in [0, 0.1) is 0 Å². The molecule has 32 heavy (non-hydrogen) atoms. The number of halogens is 1. The Morgan fingerprint density at radius 2 is 1.84 bits per heavy atom. The molecule has 9 heteroatoms. The highest BCUT2D eigenvalue weighted by atomic mass is 35.5. The van der Waals surface area contributed by atoms with Crippen LogP contribution in [-0.4, -0.2) is 58.7 Å². The first-order chi connectivity index (χ1) is 15.6. The molecule has 1 amide bonds. The third-order valence-corrected chi connectivity index (χ3v) is 5.17. The number of nitrogens with zero attached hydrogens (tertiary/aromatic N) is 3. The molecule has 0 aliphatic carbocycles. The van der Waals surface area contributed by atoms with E-state index in [2.05, 4.69) is 48.3 Å². The SMILES string of the molecule is C\N=C/C(Cl)=C(\N=C\Nc1ccc(N2CCNCC2)cc1)Nc1ccccc1C(=O)NC. The van der Waals surface area contributed by atoms with Crippen molar-refractivity contribution in [3.8, 4) is 0 Å². The van der Waals surface area contributed by atoms with Crippen LogP contribution in [0.3, 0.4) is 0 Å². The van der Waals surface area contributed by atoms with E-state index in [4.69, 9.17) is 11.6 Å². The van der Waals surface area contributed by atoms with Crippen molar-refractivity contribution in [1.29, 1.82) is 0 Å². The molecule has 4 N–H and O–H groups in total. The van der Waals surface area contributed by atoms with Crippen molar-refractivity contribution in [3.05, 3.63) is 64.9 Å². The van der Waals surface area contributed by atoms with Crippen LogP contribution < -0.4 is 26.2 Å². The molecule has 2 aromatic carbocycles. The van der Waals surface area contributed by atoms with Crippen molar-refractivity contribution in [1.82, 2.24) is 10.6 Å². The number of carbonyl (C=O) groups excluding carboxylic acids is 1. The highest BCUT2D eigenvalue weighted by Gasteiger charge is 2.12. The normalized spacial score (nSPS) is 15.0. The van der Waals surface area contributed by atoms with Crippen LogP contribution in [-0.2, 0) is 0 Å². The molecule has 1 fully saturated rings. The van der Waals surface area contributed by atoms with E-state index in [-0.39, 0.29) is 5.91 Å². The van der Waals surface area contributed by atoms with Gasteiger partial charge in [0.25, 0.3) is 5.91 Å². The predicted octanol–water partition coefficient (Wildman–Crippen LogP) is 3.12. The minimum Gasteiger partial charge on any atom is -0.369 e. The van der Waals surface area contributed by atoms with Gasteiger partial charge in [0.05, 0.1) is 17.6 Å². The fraction of sp³-hybridized carbons (Fsp3) is 0.261. The third-order valence-electron chi connectivity index (χ3n) is 4.89. The van der Waals surface area contributed by atoms with Gasteiger partial charge in [0.15, 0.2) is 5.82 Å². The van der Waals surface area contributed by atoms with E-state index in [1.54, 1.807) is 38.6 Å².